The number of amides is 1. The SMILES string of the molecule is O=C(CSc1nnnn1C[C@@H]1CCCO1)Nc1cc(Cl)ccc1-n1cncn1. The maximum Gasteiger partial charge on any atom is 0.234 e. The first-order chi connectivity index (χ1) is 13.7. The number of ether oxygens (including phenoxy) is 1. The summed E-state index contributed by atoms with van der Waals surface area (Å²) in [4.78, 5) is 16.4. The smallest absolute Gasteiger partial charge is 0.234 e. The number of hydrogen-bond acceptors (Lipinski definition) is 8. The van der Waals surface area contributed by atoms with E-state index in [0.717, 1.165) is 19.4 Å². The molecule has 0 unspecified atom stereocenters. The van der Waals surface area contributed by atoms with Crippen molar-refractivity contribution in [3.05, 3.63) is 35.9 Å². The minimum Gasteiger partial charge on any atom is -0.376 e. The summed E-state index contributed by atoms with van der Waals surface area (Å²) >= 11 is 7.34. The van der Waals surface area contributed by atoms with Crippen molar-refractivity contribution >= 4 is 35.0 Å². The molecule has 0 saturated carbocycles. The van der Waals surface area contributed by atoms with Crippen molar-refractivity contribution in [2.75, 3.05) is 17.7 Å². The molecule has 4 rings (SSSR count). The van der Waals surface area contributed by atoms with E-state index in [1.54, 1.807) is 33.9 Å². The van der Waals surface area contributed by atoms with Crippen LogP contribution >= 0.6 is 23.4 Å². The molecule has 1 saturated heterocycles. The van der Waals surface area contributed by atoms with Gasteiger partial charge < -0.3 is 10.1 Å². The van der Waals surface area contributed by atoms with Crippen molar-refractivity contribution in [3.63, 3.8) is 0 Å². The molecule has 1 aliphatic heterocycles. The first kappa shape index (κ1) is 18.8. The predicted molar refractivity (Wildman–Crippen MR) is 103 cm³/mol. The molecule has 28 heavy (non-hydrogen) atoms. The van der Waals surface area contributed by atoms with Crippen LogP contribution in [0, 0.1) is 0 Å². The fourth-order valence-electron chi connectivity index (χ4n) is 2.85. The Bertz CT molecular complexity index is 942. The standard InChI is InChI=1S/C16H17ClN8O2S/c17-11-3-4-14(25-10-18-9-19-25)13(6-11)20-15(26)8-28-16-21-22-23-24(16)7-12-2-1-5-27-12/h3-4,6,9-10,12H,1-2,5,7-8H2,(H,20,26)/t12-/m0/s1. The van der Waals surface area contributed by atoms with Crippen LogP contribution in [-0.2, 0) is 16.1 Å². The summed E-state index contributed by atoms with van der Waals surface area (Å²) in [5.41, 5.74) is 1.21. The zero-order chi connectivity index (χ0) is 19.3. The molecule has 2 aromatic heterocycles. The highest BCUT2D eigenvalue weighted by atomic mass is 35.5. The number of halogens is 1. The van der Waals surface area contributed by atoms with Crippen LogP contribution in [0.4, 0.5) is 5.69 Å². The Labute approximate surface area is 169 Å². The van der Waals surface area contributed by atoms with Gasteiger partial charge in [0.15, 0.2) is 0 Å². The second-order valence-corrected chi connectivity index (χ2v) is 7.50. The van der Waals surface area contributed by atoms with Gasteiger partial charge in [-0.05, 0) is 41.5 Å². The number of nitrogens with one attached hydrogen (secondary N) is 1. The number of carbonyl (C=O) groups excluding carboxylic acids is 1. The van der Waals surface area contributed by atoms with Crippen LogP contribution in [-0.4, -0.2) is 59.3 Å². The fraction of sp³-hybridized carbons (Fsp3) is 0.375. The molecule has 1 aliphatic rings. The molecular formula is C16H17ClN8O2S. The van der Waals surface area contributed by atoms with Crippen LogP contribution in [0.5, 0.6) is 0 Å². The molecule has 146 valence electrons. The molecular weight excluding hydrogens is 404 g/mol. The van der Waals surface area contributed by atoms with Crippen molar-refractivity contribution in [1.29, 1.82) is 0 Å². The van der Waals surface area contributed by atoms with Gasteiger partial charge in [0.05, 0.1) is 29.8 Å². The Morgan fingerprint density at radius 1 is 1.43 bits per heavy atom. The summed E-state index contributed by atoms with van der Waals surface area (Å²) in [5, 5.41) is 19.7. The van der Waals surface area contributed by atoms with Gasteiger partial charge in [0.1, 0.15) is 12.7 Å². The van der Waals surface area contributed by atoms with Gasteiger partial charge in [-0.25, -0.2) is 14.3 Å². The molecule has 10 nitrogen and oxygen atoms in total. The predicted octanol–water partition coefficient (Wildman–Crippen LogP) is 1.82. The lowest BCUT2D eigenvalue weighted by Crippen LogP contribution is -2.19. The molecule has 0 aliphatic carbocycles. The van der Waals surface area contributed by atoms with E-state index in [2.05, 4.69) is 30.9 Å². The number of tetrazole rings is 1. The van der Waals surface area contributed by atoms with E-state index in [0.29, 0.717) is 28.1 Å². The molecule has 1 fully saturated rings. The Kier molecular flexibility index (Phi) is 5.84. The Hall–Kier alpha value is -2.50. The average molecular weight is 421 g/mol. The number of hydrogen-bond donors (Lipinski definition) is 1. The summed E-state index contributed by atoms with van der Waals surface area (Å²) in [6, 6.07) is 5.16. The van der Waals surface area contributed by atoms with Gasteiger partial charge in [-0.1, -0.05) is 23.4 Å². The quantitative estimate of drug-likeness (QED) is 0.576. The van der Waals surface area contributed by atoms with E-state index in [9.17, 15) is 4.79 Å². The molecule has 3 aromatic rings. The second kappa shape index (κ2) is 8.67. The molecule has 1 aromatic carbocycles. The maximum atomic E-state index is 12.5. The lowest BCUT2D eigenvalue weighted by Gasteiger charge is -2.12. The topological polar surface area (TPSA) is 113 Å². The fourth-order valence-corrected chi connectivity index (χ4v) is 3.71. The number of thioether (sulfide) groups is 1. The molecule has 0 spiro atoms. The minimum atomic E-state index is -0.208. The highest BCUT2D eigenvalue weighted by Crippen LogP contribution is 2.25. The Balaban J connectivity index is 1.39. The number of nitrogens with zero attached hydrogens (tertiary/aromatic N) is 7. The molecule has 0 radical (unpaired) electrons. The summed E-state index contributed by atoms with van der Waals surface area (Å²) in [7, 11) is 0. The maximum absolute atomic E-state index is 12.5. The van der Waals surface area contributed by atoms with Crippen molar-refractivity contribution in [2.24, 2.45) is 0 Å². The van der Waals surface area contributed by atoms with Gasteiger partial charge in [-0.2, -0.15) is 5.10 Å². The van der Waals surface area contributed by atoms with E-state index < -0.39 is 0 Å². The summed E-state index contributed by atoms with van der Waals surface area (Å²) in [5.74, 6) is -0.0600. The number of rotatable bonds is 7. The lowest BCUT2D eigenvalue weighted by atomic mass is 10.2. The number of carbonyl (C=O) groups is 1. The molecule has 1 atom stereocenters. The van der Waals surface area contributed by atoms with E-state index in [4.69, 9.17) is 16.3 Å². The first-order valence-corrected chi connectivity index (χ1v) is 10.0. The minimum absolute atomic E-state index is 0.119. The average Bonchev–Trinajstić information content (AvgIpc) is 3.44. The normalized spacial score (nSPS) is 16.4. The van der Waals surface area contributed by atoms with Crippen LogP contribution < -0.4 is 5.32 Å². The zero-order valence-electron chi connectivity index (χ0n) is 14.7. The second-order valence-electron chi connectivity index (χ2n) is 6.12. The van der Waals surface area contributed by atoms with Gasteiger partial charge in [-0.3, -0.25) is 4.79 Å². The third-order valence-corrected chi connectivity index (χ3v) is 5.32. The Morgan fingerprint density at radius 2 is 2.36 bits per heavy atom. The third kappa shape index (κ3) is 4.49. The van der Waals surface area contributed by atoms with Crippen molar-refractivity contribution in [1.82, 2.24) is 35.0 Å². The van der Waals surface area contributed by atoms with E-state index in [1.807, 2.05) is 0 Å². The zero-order valence-corrected chi connectivity index (χ0v) is 16.3. The van der Waals surface area contributed by atoms with Gasteiger partial charge in [0.25, 0.3) is 0 Å². The summed E-state index contributed by atoms with van der Waals surface area (Å²) in [6.45, 7) is 1.35. The van der Waals surface area contributed by atoms with Crippen LogP contribution in [0.3, 0.4) is 0 Å². The van der Waals surface area contributed by atoms with Crippen LogP contribution in [0.2, 0.25) is 5.02 Å². The van der Waals surface area contributed by atoms with Crippen LogP contribution in [0.25, 0.3) is 5.69 Å². The number of benzene rings is 1. The number of aromatic nitrogens is 7. The van der Waals surface area contributed by atoms with E-state index in [1.165, 1.54) is 18.1 Å². The van der Waals surface area contributed by atoms with Crippen molar-refractivity contribution < 1.29 is 9.53 Å². The van der Waals surface area contributed by atoms with Gasteiger partial charge in [0.2, 0.25) is 11.1 Å². The van der Waals surface area contributed by atoms with Gasteiger partial charge in [-0.15, -0.1) is 5.10 Å². The van der Waals surface area contributed by atoms with E-state index in [-0.39, 0.29) is 17.8 Å². The largest absolute Gasteiger partial charge is 0.376 e. The van der Waals surface area contributed by atoms with E-state index >= 15 is 0 Å². The third-order valence-electron chi connectivity index (χ3n) is 4.13. The highest BCUT2D eigenvalue weighted by Gasteiger charge is 2.19. The Morgan fingerprint density at radius 3 is 3.14 bits per heavy atom. The van der Waals surface area contributed by atoms with Crippen molar-refractivity contribution in [3.8, 4) is 5.69 Å². The highest BCUT2D eigenvalue weighted by molar-refractivity contribution is 7.99. The summed E-state index contributed by atoms with van der Waals surface area (Å²) < 4.78 is 8.85. The molecule has 1 N–H and O–H groups in total. The first-order valence-electron chi connectivity index (χ1n) is 8.64. The summed E-state index contributed by atoms with van der Waals surface area (Å²) in [6.07, 6.45) is 5.13. The lowest BCUT2D eigenvalue weighted by molar-refractivity contribution is -0.113. The van der Waals surface area contributed by atoms with Gasteiger partial charge in [0, 0.05) is 11.6 Å². The van der Waals surface area contributed by atoms with Crippen LogP contribution in [0.1, 0.15) is 12.8 Å². The molecule has 3 heterocycles. The number of anilines is 1. The van der Waals surface area contributed by atoms with Crippen molar-refractivity contribution in [2.45, 2.75) is 30.6 Å². The molecule has 12 heteroatoms. The molecule has 1 amide bonds. The monoisotopic (exact) mass is 420 g/mol. The molecule has 0 bridgehead atoms. The van der Waals surface area contributed by atoms with Crippen LogP contribution in [0.15, 0.2) is 36.0 Å². The van der Waals surface area contributed by atoms with Gasteiger partial charge >= 0.3 is 0 Å².